The van der Waals surface area contributed by atoms with Crippen LogP contribution in [0.3, 0.4) is 0 Å². The summed E-state index contributed by atoms with van der Waals surface area (Å²) < 4.78 is 0.439. The Hall–Kier alpha value is -2.38. The van der Waals surface area contributed by atoms with Crippen LogP contribution in [0.5, 0.6) is 5.75 Å². The van der Waals surface area contributed by atoms with Gasteiger partial charge in [-0.05, 0) is 29.8 Å². The number of phenolic OH excluding ortho intramolecular Hbond substituents is 1. The zero-order valence-electron chi connectivity index (χ0n) is 10.3. The predicted molar refractivity (Wildman–Crippen MR) is 79.6 cm³/mol. The van der Waals surface area contributed by atoms with Gasteiger partial charge in [-0.1, -0.05) is 17.7 Å². The summed E-state index contributed by atoms with van der Waals surface area (Å²) in [5.74, 6) is -1.66. The van der Waals surface area contributed by atoms with Crippen LogP contribution in [0.2, 0.25) is 4.34 Å². The summed E-state index contributed by atoms with van der Waals surface area (Å²) in [4.78, 5) is 21.8. The van der Waals surface area contributed by atoms with Crippen LogP contribution in [0.1, 0.15) is 10.4 Å². The van der Waals surface area contributed by atoms with Crippen molar-refractivity contribution in [2.75, 3.05) is 0 Å². The Labute approximate surface area is 127 Å². The highest BCUT2D eigenvalue weighted by Crippen LogP contribution is 2.31. The number of halogens is 1. The van der Waals surface area contributed by atoms with Gasteiger partial charge in [0.25, 0.3) is 0 Å². The number of nitro benzene ring substituents is 1. The Kier molecular flexibility index (Phi) is 4.25. The minimum absolute atomic E-state index is 0.0353. The fraction of sp³-hybridized carbons (Fsp3) is 0. The van der Waals surface area contributed by atoms with Crippen molar-refractivity contribution in [2.24, 2.45) is 0 Å². The third-order valence-corrected chi connectivity index (χ3v) is 3.84. The molecule has 2 N–H and O–H groups in total. The number of carbonyl (C=O) groups is 1. The molecule has 0 bridgehead atoms. The molecule has 0 radical (unpaired) electrons. The summed E-state index contributed by atoms with van der Waals surface area (Å²) in [7, 11) is 0. The second-order valence-electron chi connectivity index (χ2n) is 3.97. The molecule has 1 heterocycles. The zero-order valence-corrected chi connectivity index (χ0v) is 11.9. The fourth-order valence-corrected chi connectivity index (χ4v) is 2.69. The van der Waals surface area contributed by atoms with Gasteiger partial charge in [-0.2, -0.15) is 0 Å². The van der Waals surface area contributed by atoms with Gasteiger partial charge in [0.05, 0.1) is 14.8 Å². The van der Waals surface area contributed by atoms with Crippen molar-refractivity contribution >= 4 is 46.2 Å². The van der Waals surface area contributed by atoms with Crippen LogP contribution in [0, 0.1) is 10.1 Å². The number of thiophene rings is 1. The smallest absolute Gasteiger partial charge is 0.337 e. The molecule has 0 spiro atoms. The third-order valence-electron chi connectivity index (χ3n) is 2.58. The monoisotopic (exact) mass is 325 g/mol. The minimum atomic E-state index is -1.18. The van der Waals surface area contributed by atoms with E-state index in [-0.39, 0.29) is 5.57 Å². The summed E-state index contributed by atoms with van der Waals surface area (Å²) in [5, 5.41) is 29.4. The summed E-state index contributed by atoms with van der Waals surface area (Å²) in [6.45, 7) is 0. The van der Waals surface area contributed by atoms with Crippen LogP contribution in [-0.4, -0.2) is 21.1 Å². The molecule has 0 saturated heterocycles. The lowest BCUT2D eigenvalue weighted by Crippen LogP contribution is -1.98. The lowest BCUT2D eigenvalue weighted by molar-refractivity contribution is -0.385. The van der Waals surface area contributed by atoms with Gasteiger partial charge in [0.2, 0.25) is 0 Å². The molecule has 0 atom stereocenters. The summed E-state index contributed by atoms with van der Waals surface area (Å²) >= 11 is 6.87. The second kappa shape index (κ2) is 5.94. The van der Waals surface area contributed by atoms with Crippen LogP contribution < -0.4 is 0 Å². The molecule has 0 aliphatic carbocycles. The number of hydrogen-bond donors (Lipinski definition) is 2. The van der Waals surface area contributed by atoms with E-state index in [0.29, 0.717) is 14.8 Å². The first-order chi connectivity index (χ1) is 9.88. The molecule has 8 heteroatoms. The SMILES string of the molecule is O=C(O)/C(=C\c1ccc(O)c([N+](=O)[O-])c1)c1ccc(Cl)s1. The summed E-state index contributed by atoms with van der Waals surface area (Å²) in [5.41, 5.74) is -0.231. The zero-order chi connectivity index (χ0) is 15.6. The van der Waals surface area contributed by atoms with Crippen LogP contribution >= 0.6 is 22.9 Å². The summed E-state index contributed by atoms with van der Waals surface area (Å²) in [6.07, 6.45) is 1.29. The quantitative estimate of drug-likeness (QED) is 0.507. The Morgan fingerprint density at radius 3 is 2.57 bits per heavy atom. The van der Waals surface area contributed by atoms with E-state index in [1.54, 1.807) is 12.1 Å². The molecule has 0 aliphatic heterocycles. The van der Waals surface area contributed by atoms with Crippen molar-refractivity contribution < 1.29 is 19.9 Å². The van der Waals surface area contributed by atoms with Crippen molar-refractivity contribution in [3.63, 3.8) is 0 Å². The standard InChI is InChI=1S/C13H8ClNO5S/c14-12-4-3-11(21-12)8(13(17)18)5-7-1-2-10(16)9(6-7)15(19)20/h1-6,16H,(H,17,18)/b8-5-. The Morgan fingerprint density at radius 2 is 2.05 bits per heavy atom. The van der Waals surface area contributed by atoms with E-state index in [2.05, 4.69) is 0 Å². The van der Waals surface area contributed by atoms with Crippen molar-refractivity contribution in [1.29, 1.82) is 0 Å². The number of nitro groups is 1. The molecule has 2 aromatic rings. The van der Waals surface area contributed by atoms with Crippen LogP contribution in [0.4, 0.5) is 5.69 Å². The lowest BCUT2D eigenvalue weighted by Gasteiger charge is -2.01. The molecule has 1 aromatic carbocycles. The van der Waals surface area contributed by atoms with E-state index in [4.69, 9.17) is 11.6 Å². The second-order valence-corrected chi connectivity index (χ2v) is 5.69. The van der Waals surface area contributed by atoms with E-state index < -0.39 is 22.3 Å². The van der Waals surface area contributed by atoms with Gasteiger partial charge < -0.3 is 10.2 Å². The lowest BCUT2D eigenvalue weighted by atomic mass is 10.1. The molecule has 2 rings (SSSR count). The first-order valence-electron chi connectivity index (χ1n) is 5.56. The normalized spacial score (nSPS) is 11.4. The predicted octanol–water partition coefficient (Wildman–Crippen LogP) is 3.64. The van der Waals surface area contributed by atoms with Crippen molar-refractivity contribution in [3.8, 4) is 5.75 Å². The molecule has 108 valence electrons. The first-order valence-corrected chi connectivity index (χ1v) is 6.76. The van der Waals surface area contributed by atoms with E-state index in [0.717, 1.165) is 23.5 Å². The van der Waals surface area contributed by atoms with Gasteiger partial charge in [-0.15, -0.1) is 11.3 Å². The minimum Gasteiger partial charge on any atom is -0.502 e. The molecular weight excluding hydrogens is 318 g/mol. The number of carboxylic acids is 1. The highest BCUT2D eigenvalue weighted by atomic mass is 35.5. The van der Waals surface area contributed by atoms with Gasteiger partial charge in [0.15, 0.2) is 5.75 Å². The number of hydrogen-bond acceptors (Lipinski definition) is 5. The maximum atomic E-state index is 11.3. The van der Waals surface area contributed by atoms with Gasteiger partial charge >= 0.3 is 11.7 Å². The highest BCUT2D eigenvalue weighted by molar-refractivity contribution is 7.17. The number of aromatic hydroxyl groups is 1. The molecule has 21 heavy (non-hydrogen) atoms. The maximum Gasteiger partial charge on any atom is 0.337 e. The van der Waals surface area contributed by atoms with E-state index in [1.807, 2.05) is 0 Å². The number of phenols is 1. The Balaban J connectivity index is 2.51. The summed E-state index contributed by atoms with van der Waals surface area (Å²) in [6, 6.07) is 6.76. The Bertz CT molecular complexity index is 753. The molecule has 0 fully saturated rings. The Morgan fingerprint density at radius 1 is 1.33 bits per heavy atom. The molecule has 0 aliphatic rings. The first kappa shape index (κ1) is 15.0. The van der Waals surface area contributed by atoms with Crippen molar-refractivity contribution in [3.05, 3.63) is 55.2 Å². The van der Waals surface area contributed by atoms with Crippen molar-refractivity contribution in [2.45, 2.75) is 0 Å². The van der Waals surface area contributed by atoms with Gasteiger partial charge in [0, 0.05) is 10.9 Å². The van der Waals surface area contributed by atoms with E-state index in [9.17, 15) is 25.1 Å². The number of aliphatic carboxylic acids is 1. The number of carboxylic acid groups (broad SMARTS) is 1. The number of benzene rings is 1. The van der Waals surface area contributed by atoms with Crippen molar-refractivity contribution in [1.82, 2.24) is 0 Å². The van der Waals surface area contributed by atoms with Gasteiger partial charge in [0.1, 0.15) is 0 Å². The largest absolute Gasteiger partial charge is 0.502 e. The molecule has 0 saturated carbocycles. The molecule has 0 amide bonds. The van der Waals surface area contributed by atoms with Crippen LogP contribution in [0.15, 0.2) is 30.3 Å². The average molecular weight is 326 g/mol. The number of nitrogens with zero attached hydrogens (tertiary/aromatic N) is 1. The highest BCUT2D eigenvalue weighted by Gasteiger charge is 2.16. The maximum absolute atomic E-state index is 11.3. The van der Waals surface area contributed by atoms with Crippen LogP contribution in [0.25, 0.3) is 11.6 Å². The van der Waals surface area contributed by atoms with Crippen LogP contribution in [-0.2, 0) is 4.79 Å². The molecule has 1 aromatic heterocycles. The number of rotatable bonds is 4. The van der Waals surface area contributed by atoms with Gasteiger partial charge in [-0.25, -0.2) is 4.79 Å². The van der Waals surface area contributed by atoms with Gasteiger partial charge in [-0.3, -0.25) is 10.1 Å². The van der Waals surface area contributed by atoms with E-state index in [1.165, 1.54) is 12.1 Å². The average Bonchev–Trinajstić information content (AvgIpc) is 2.83. The fourth-order valence-electron chi connectivity index (χ4n) is 1.64. The molecular formula is C13H8ClNO5S. The molecule has 0 unspecified atom stereocenters. The van der Waals surface area contributed by atoms with E-state index >= 15 is 0 Å². The third kappa shape index (κ3) is 3.39. The topological polar surface area (TPSA) is 101 Å². The molecule has 6 nitrogen and oxygen atoms in total.